The van der Waals surface area contributed by atoms with Crippen molar-refractivity contribution in [1.82, 2.24) is 0 Å². The summed E-state index contributed by atoms with van der Waals surface area (Å²) in [5, 5.41) is 0.393. The van der Waals surface area contributed by atoms with E-state index in [1.165, 1.54) is 0 Å². The summed E-state index contributed by atoms with van der Waals surface area (Å²) in [7, 11) is -3.55. The Bertz CT molecular complexity index is 767. The first-order valence-electron chi connectivity index (χ1n) is 6.41. The second-order valence-electron chi connectivity index (χ2n) is 4.92. The molecule has 0 saturated heterocycles. The number of ketones is 1. The molecule has 0 amide bonds. The molecule has 0 N–H and O–H groups in total. The topological polar surface area (TPSA) is 51.2 Å². The van der Waals surface area contributed by atoms with Gasteiger partial charge in [-0.1, -0.05) is 53.6 Å². The molecule has 0 heterocycles. The van der Waals surface area contributed by atoms with E-state index in [0.717, 1.165) is 5.56 Å². The fourth-order valence-corrected chi connectivity index (χ4v) is 3.68. The highest BCUT2D eigenvalue weighted by molar-refractivity contribution is 7.91. The number of rotatable bonds is 5. The van der Waals surface area contributed by atoms with Crippen LogP contribution in [0, 0.1) is 6.92 Å². The van der Waals surface area contributed by atoms with Crippen LogP contribution in [0.3, 0.4) is 0 Å². The van der Waals surface area contributed by atoms with Crippen molar-refractivity contribution in [2.75, 3.05) is 5.75 Å². The molecular weight excluding hydrogens is 308 g/mol. The van der Waals surface area contributed by atoms with E-state index >= 15 is 0 Å². The number of hydrogen-bond donors (Lipinski definition) is 0. The number of aryl methyl sites for hydroxylation is 1. The van der Waals surface area contributed by atoms with E-state index in [0.29, 0.717) is 16.1 Å². The molecule has 0 aliphatic rings. The number of carbonyl (C=O) groups excluding carboxylic acids is 1. The third kappa shape index (κ3) is 4.41. The van der Waals surface area contributed by atoms with Crippen molar-refractivity contribution in [3.05, 3.63) is 70.2 Å². The average Bonchev–Trinajstić information content (AvgIpc) is 2.40. The largest absolute Gasteiger partial charge is 0.293 e. The molecule has 0 bridgehead atoms. The first-order chi connectivity index (χ1) is 9.87. The van der Waals surface area contributed by atoms with Gasteiger partial charge in [-0.25, -0.2) is 8.42 Å². The maximum absolute atomic E-state index is 12.1. The van der Waals surface area contributed by atoms with Crippen LogP contribution < -0.4 is 0 Å². The number of hydrogen-bond acceptors (Lipinski definition) is 3. The molecule has 21 heavy (non-hydrogen) atoms. The van der Waals surface area contributed by atoms with Crippen LogP contribution in [-0.4, -0.2) is 20.0 Å². The SMILES string of the molecule is Cc1cccc(C(=O)CS(=O)(=O)Cc2ccccc2Cl)c1. The fraction of sp³-hybridized carbons (Fsp3) is 0.188. The molecule has 0 atom stereocenters. The normalized spacial score (nSPS) is 11.3. The minimum absolute atomic E-state index is 0.232. The quantitative estimate of drug-likeness (QED) is 0.792. The molecule has 0 aliphatic carbocycles. The molecule has 0 aromatic heterocycles. The van der Waals surface area contributed by atoms with Gasteiger partial charge in [0.15, 0.2) is 15.6 Å². The summed E-state index contributed by atoms with van der Waals surface area (Å²) in [6, 6.07) is 13.6. The van der Waals surface area contributed by atoms with Crippen LogP contribution in [0.25, 0.3) is 0 Å². The molecule has 0 fully saturated rings. The molecule has 0 spiro atoms. The Labute approximate surface area is 129 Å². The van der Waals surface area contributed by atoms with E-state index in [2.05, 4.69) is 0 Å². The fourth-order valence-electron chi connectivity index (χ4n) is 2.00. The van der Waals surface area contributed by atoms with Gasteiger partial charge in [0.1, 0.15) is 5.75 Å². The Hall–Kier alpha value is -1.65. The number of Topliss-reactive ketones (excluding diaryl/α,β-unsaturated/α-hetero) is 1. The molecule has 2 aromatic carbocycles. The second kappa shape index (κ2) is 6.41. The summed E-state index contributed by atoms with van der Waals surface area (Å²) in [5.74, 6) is -1.14. The maximum Gasteiger partial charge on any atom is 0.177 e. The van der Waals surface area contributed by atoms with Crippen molar-refractivity contribution in [1.29, 1.82) is 0 Å². The monoisotopic (exact) mass is 322 g/mol. The van der Waals surface area contributed by atoms with E-state index in [4.69, 9.17) is 11.6 Å². The third-order valence-electron chi connectivity index (χ3n) is 3.02. The van der Waals surface area contributed by atoms with Crippen LogP contribution in [0.2, 0.25) is 5.02 Å². The predicted molar refractivity (Wildman–Crippen MR) is 84.5 cm³/mol. The van der Waals surface area contributed by atoms with E-state index < -0.39 is 21.4 Å². The van der Waals surface area contributed by atoms with E-state index in [9.17, 15) is 13.2 Å². The molecule has 0 radical (unpaired) electrons. The first kappa shape index (κ1) is 15.7. The highest BCUT2D eigenvalue weighted by Crippen LogP contribution is 2.18. The second-order valence-corrected chi connectivity index (χ2v) is 7.39. The summed E-state index contributed by atoms with van der Waals surface area (Å²) in [5.41, 5.74) is 1.85. The minimum Gasteiger partial charge on any atom is -0.293 e. The standard InChI is InChI=1S/C16H15ClO3S/c1-12-5-4-7-13(9-12)16(18)11-21(19,20)10-14-6-2-3-8-15(14)17/h2-9H,10-11H2,1H3. The van der Waals surface area contributed by atoms with Crippen LogP contribution in [0.5, 0.6) is 0 Å². The molecule has 3 nitrogen and oxygen atoms in total. The minimum atomic E-state index is -3.55. The van der Waals surface area contributed by atoms with Gasteiger partial charge in [-0.15, -0.1) is 0 Å². The lowest BCUT2D eigenvalue weighted by molar-refractivity contribution is 0.102. The summed E-state index contributed by atoms with van der Waals surface area (Å²) in [6.07, 6.45) is 0. The molecule has 2 rings (SSSR count). The highest BCUT2D eigenvalue weighted by atomic mass is 35.5. The van der Waals surface area contributed by atoms with Gasteiger partial charge in [-0.05, 0) is 24.6 Å². The van der Waals surface area contributed by atoms with E-state index in [1.807, 2.05) is 13.0 Å². The summed E-state index contributed by atoms with van der Waals surface area (Å²) in [4.78, 5) is 12.1. The molecule has 0 saturated carbocycles. The Kier molecular flexibility index (Phi) is 4.80. The predicted octanol–water partition coefficient (Wildman–Crippen LogP) is 3.45. The van der Waals surface area contributed by atoms with Crippen LogP contribution in [0.4, 0.5) is 0 Å². The maximum atomic E-state index is 12.1. The number of sulfone groups is 1. The Morgan fingerprint density at radius 1 is 1.10 bits per heavy atom. The van der Waals surface area contributed by atoms with Crippen molar-refractivity contribution in [3.8, 4) is 0 Å². The van der Waals surface area contributed by atoms with Crippen molar-refractivity contribution in [3.63, 3.8) is 0 Å². The van der Waals surface area contributed by atoms with Crippen molar-refractivity contribution in [2.45, 2.75) is 12.7 Å². The summed E-state index contributed by atoms with van der Waals surface area (Å²) in [6.45, 7) is 1.86. The van der Waals surface area contributed by atoms with Gasteiger partial charge in [0, 0.05) is 10.6 Å². The summed E-state index contributed by atoms with van der Waals surface area (Å²) < 4.78 is 24.3. The van der Waals surface area contributed by atoms with Crippen molar-refractivity contribution < 1.29 is 13.2 Å². The Morgan fingerprint density at radius 2 is 1.81 bits per heavy atom. The van der Waals surface area contributed by atoms with Crippen molar-refractivity contribution >= 4 is 27.2 Å². The molecule has 2 aromatic rings. The zero-order valence-electron chi connectivity index (χ0n) is 11.5. The molecule has 110 valence electrons. The van der Waals surface area contributed by atoms with Gasteiger partial charge < -0.3 is 0 Å². The van der Waals surface area contributed by atoms with Gasteiger partial charge in [0.05, 0.1) is 5.75 Å². The lowest BCUT2D eigenvalue weighted by Gasteiger charge is -2.06. The van der Waals surface area contributed by atoms with Gasteiger partial charge in [-0.3, -0.25) is 4.79 Å². The van der Waals surface area contributed by atoms with Gasteiger partial charge in [0.25, 0.3) is 0 Å². The van der Waals surface area contributed by atoms with Gasteiger partial charge in [0.2, 0.25) is 0 Å². The zero-order valence-corrected chi connectivity index (χ0v) is 13.1. The number of carbonyl (C=O) groups is 1. The van der Waals surface area contributed by atoms with Gasteiger partial charge >= 0.3 is 0 Å². The summed E-state index contributed by atoms with van der Waals surface area (Å²) >= 11 is 5.96. The third-order valence-corrected chi connectivity index (χ3v) is 4.85. The molecule has 5 heteroatoms. The van der Waals surface area contributed by atoms with E-state index in [1.54, 1.807) is 42.5 Å². The van der Waals surface area contributed by atoms with E-state index in [-0.39, 0.29) is 5.75 Å². The van der Waals surface area contributed by atoms with Crippen LogP contribution >= 0.6 is 11.6 Å². The zero-order chi connectivity index (χ0) is 15.5. The van der Waals surface area contributed by atoms with Gasteiger partial charge in [-0.2, -0.15) is 0 Å². The van der Waals surface area contributed by atoms with Crippen LogP contribution in [0.1, 0.15) is 21.5 Å². The smallest absolute Gasteiger partial charge is 0.177 e. The van der Waals surface area contributed by atoms with Crippen LogP contribution in [-0.2, 0) is 15.6 Å². The molecule has 0 aliphatic heterocycles. The average molecular weight is 323 g/mol. The Morgan fingerprint density at radius 3 is 2.48 bits per heavy atom. The lowest BCUT2D eigenvalue weighted by Crippen LogP contribution is -2.18. The first-order valence-corrected chi connectivity index (χ1v) is 8.61. The highest BCUT2D eigenvalue weighted by Gasteiger charge is 2.19. The molecule has 0 unspecified atom stereocenters. The number of halogens is 1. The number of benzene rings is 2. The van der Waals surface area contributed by atoms with Crippen molar-refractivity contribution in [2.24, 2.45) is 0 Å². The van der Waals surface area contributed by atoms with Crippen LogP contribution in [0.15, 0.2) is 48.5 Å². The lowest BCUT2D eigenvalue weighted by atomic mass is 10.1. The molecular formula is C16H15ClO3S. The Balaban J connectivity index is 2.15.